The number of benzene rings is 1. The molecule has 1 saturated carbocycles. The number of nitrogens with one attached hydrogen (secondary N) is 1. The molecule has 0 aromatic heterocycles. The molecule has 2 fully saturated rings. The summed E-state index contributed by atoms with van der Waals surface area (Å²) < 4.78 is 23.5. The van der Waals surface area contributed by atoms with Crippen molar-refractivity contribution in [3.8, 4) is 0 Å². The van der Waals surface area contributed by atoms with Gasteiger partial charge in [-0.2, -0.15) is 0 Å². The second-order valence-electron chi connectivity index (χ2n) is 6.54. The number of nitrogens with zero attached hydrogens (tertiary/aromatic N) is 1. The fourth-order valence-electron chi connectivity index (χ4n) is 3.68. The van der Waals surface area contributed by atoms with E-state index in [1.54, 1.807) is 25.1 Å². The Morgan fingerprint density at radius 2 is 1.86 bits per heavy atom. The predicted octanol–water partition coefficient (Wildman–Crippen LogP) is 2.66. The van der Waals surface area contributed by atoms with Gasteiger partial charge < -0.3 is 10.2 Å². The number of urea groups is 1. The zero-order valence-electron chi connectivity index (χ0n) is 13.0. The van der Waals surface area contributed by atoms with Crippen LogP contribution in [0.2, 0.25) is 0 Å². The monoisotopic (exact) mass is 322 g/mol. The molecule has 1 aliphatic heterocycles. The molecule has 0 radical (unpaired) electrons. The van der Waals surface area contributed by atoms with E-state index in [0.29, 0.717) is 23.1 Å². The number of likely N-dealkylation sites (tertiary alicyclic amines) is 1. The fraction of sp³-hybridized carbons (Fsp3) is 0.562. The third kappa shape index (κ3) is 2.97. The van der Waals surface area contributed by atoms with Crippen LogP contribution in [0.3, 0.4) is 0 Å². The molecule has 1 aliphatic carbocycles. The number of amides is 2. The van der Waals surface area contributed by atoms with Crippen molar-refractivity contribution in [3.63, 3.8) is 0 Å². The molecule has 1 aromatic carbocycles. The maximum atomic E-state index is 12.4. The molecule has 6 heteroatoms. The van der Waals surface area contributed by atoms with Gasteiger partial charge in [-0.05, 0) is 49.3 Å². The first-order valence-corrected chi connectivity index (χ1v) is 9.60. The average molecular weight is 322 g/mol. The van der Waals surface area contributed by atoms with Gasteiger partial charge in [0.25, 0.3) is 0 Å². The third-order valence-electron chi connectivity index (χ3n) is 4.85. The Balaban J connectivity index is 1.72. The van der Waals surface area contributed by atoms with Gasteiger partial charge in [0.1, 0.15) is 0 Å². The van der Waals surface area contributed by atoms with Crippen LogP contribution in [0.1, 0.15) is 24.8 Å². The standard InChI is InChI=1S/C16H22N2O3S/c1-11-6-7-14(8-15(11)22(2,20)21)17-16(19)18-9-12-4-3-5-13(12)10-18/h6-8,12-13H,3-5,9-10H2,1-2H3,(H,17,19)/t12-,13-/m0/s1. The summed E-state index contributed by atoms with van der Waals surface area (Å²) in [7, 11) is -3.29. The van der Waals surface area contributed by atoms with Crippen LogP contribution in [-0.4, -0.2) is 38.7 Å². The van der Waals surface area contributed by atoms with Crippen LogP contribution >= 0.6 is 0 Å². The van der Waals surface area contributed by atoms with E-state index in [2.05, 4.69) is 5.32 Å². The van der Waals surface area contributed by atoms with Crippen LogP contribution in [0.15, 0.2) is 23.1 Å². The second-order valence-corrected chi connectivity index (χ2v) is 8.52. The first-order chi connectivity index (χ1) is 10.3. The van der Waals surface area contributed by atoms with Crippen LogP contribution in [0.25, 0.3) is 0 Å². The average Bonchev–Trinajstić information content (AvgIpc) is 3.00. The molecule has 1 heterocycles. The molecule has 120 valence electrons. The first-order valence-electron chi connectivity index (χ1n) is 7.71. The third-order valence-corrected chi connectivity index (χ3v) is 6.09. The molecule has 0 bridgehead atoms. The molecule has 0 spiro atoms. The number of fused-ring (bicyclic) bond motifs is 1. The number of carbonyl (C=O) groups is 1. The van der Waals surface area contributed by atoms with Gasteiger partial charge in [0.15, 0.2) is 9.84 Å². The molecule has 0 unspecified atom stereocenters. The molecule has 2 atom stereocenters. The summed E-state index contributed by atoms with van der Waals surface area (Å²) in [6.45, 7) is 3.40. The number of sulfone groups is 1. The molecule has 22 heavy (non-hydrogen) atoms. The van der Waals surface area contributed by atoms with Crippen molar-refractivity contribution < 1.29 is 13.2 Å². The lowest BCUT2D eigenvalue weighted by molar-refractivity contribution is 0.219. The molecular weight excluding hydrogens is 300 g/mol. The van der Waals surface area contributed by atoms with Crippen molar-refractivity contribution >= 4 is 21.6 Å². The Labute approximate surface area is 131 Å². The highest BCUT2D eigenvalue weighted by molar-refractivity contribution is 7.90. The quantitative estimate of drug-likeness (QED) is 0.910. The highest BCUT2D eigenvalue weighted by Crippen LogP contribution is 2.37. The minimum absolute atomic E-state index is 0.127. The van der Waals surface area contributed by atoms with Crippen LogP contribution in [0.4, 0.5) is 10.5 Å². The van der Waals surface area contributed by atoms with Crippen molar-refractivity contribution in [1.82, 2.24) is 4.90 Å². The van der Waals surface area contributed by atoms with Gasteiger partial charge in [-0.3, -0.25) is 0 Å². The second kappa shape index (κ2) is 5.57. The first kappa shape index (κ1) is 15.3. The molecule has 1 aromatic rings. The zero-order valence-corrected chi connectivity index (χ0v) is 13.8. The Hall–Kier alpha value is -1.56. The maximum absolute atomic E-state index is 12.4. The lowest BCUT2D eigenvalue weighted by Gasteiger charge is -2.18. The van der Waals surface area contributed by atoms with E-state index in [-0.39, 0.29) is 10.9 Å². The summed E-state index contributed by atoms with van der Waals surface area (Å²) in [5.74, 6) is 1.30. The topological polar surface area (TPSA) is 66.5 Å². The number of rotatable bonds is 2. The highest BCUT2D eigenvalue weighted by atomic mass is 32.2. The van der Waals surface area contributed by atoms with Crippen LogP contribution < -0.4 is 5.32 Å². The van der Waals surface area contributed by atoms with E-state index >= 15 is 0 Å². The van der Waals surface area contributed by atoms with Crippen LogP contribution in [0, 0.1) is 18.8 Å². The van der Waals surface area contributed by atoms with Crippen molar-refractivity contribution in [1.29, 1.82) is 0 Å². The largest absolute Gasteiger partial charge is 0.324 e. The maximum Gasteiger partial charge on any atom is 0.321 e. The minimum atomic E-state index is -3.29. The van der Waals surface area contributed by atoms with Crippen molar-refractivity contribution in [2.45, 2.75) is 31.1 Å². The van der Waals surface area contributed by atoms with Gasteiger partial charge in [-0.25, -0.2) is 13.2 Å². The summed E-state index contributed by atoms with van der Waals surface area (Å²) in [4.78, 5) is 14.5. The van der Waals surface area contributed by atoms with Crippen LogP contribution in [0.5, 0.6) is 0 Å². The summed E-state index contributed by atoms with van der Waals surface area (Å²) >= 11 is 0. The minimum Gasteiger partial charge on any atom is -0.324 e. The van der Waals surface area contributed by atoms with Crippen molar-refractivity contribution in [2.75, 3.05) is 24.7 Å². The molecular formula is C16H22N2O3S. The SMILES string of the molecule is Cc1ccc(NC(=O)N2C[C@@H]3CCC[C@H]3C2)cc1S(C)(=O)=O. The Morgan fingerprint density at radius 3 is 2.45 bits per heavy atom. The van der Waals surface area contributed by atoms with Crippen LogP contribution in [-0.2, 0) is 9.84 Å². The summed E-state index contributed by atoms with van der Waals surface area (Å²) in [5, 5.41) is 2.84. The van der Waals surface area contributed by atoms with E-state index in [4.69, 9.17) is 0 Å². The molecule has 5 nitrogen and oxygen atoms in total. The number of carbonyl (C=O) groups excluding carboxylic acids is 1. The number of hydrogen-bond acceptors (Lipinski definition) is 3. The molecule has 1 saturated heterocycles. The van der Waals surface area contributed by atoms with Gasteiger partial charge in [-0.15, -0.1) is 0 Å². The number of aryl methyl sites for hydroxylation is 1. The predicted molar refractivity (Wildman–Crippen MR) is 85.7 cm³/mol. The Kier molecular flexibility index (Phi) is 3.89. The molecule has 2 aliphatic rings. The van der Waals surface area contributed by atoms with Gasteiger partial charge >= 0.3 is 6.03 Å². The van der Waals surface area contributed by atoms with E-state index in [1.165, 1.54) is 25.5 Å². The Morgan fingerprint density at radius 1 is 1.23 bits per heavy atom. The number of hydrogen-bond donors (Lipinski definition) is 1. The van der Waals surface area contributed by atoms with Gasteiger partial charge in [0, 0.05) is 25.0 Å². The van der Waals surface area contributed by atoms with Crippen molar-refractivity contribution in [3.05, 3.63) is 23.8 Å². The molecule has 1 N–H and O–H groups in total. The lowest BCUT2D eigenvalue weighted by Crippen LogP contribution is -2.33. The van der Waals surface area contributed by atoms with E-state index in [0.717, 1.165) is 13.1 Å². The van der Waals surface area contributed by atoms with E-state index in [1.807, 2.05) is 4.90 Å². The highest BCUT2D eigenvalue weighted by Gasteiger charge is 2.38. The zero-order chi connectivity index (χ0) is 15.9. The summed E-state index contributed by atoms with van der Waals surface area (Å²) in [6, 6.07) is 4.89. The summed E-state index contributed by atoms with van der Waals surface area (Å²) in [5.41, 5.74) is 1.23. The van der Waals surface area contributed by atoms with Gasteiger partial charge in [-0.1, -0.05) is 12.5 Å². The lowest BCUT2D eigenvalue weighted by atomic mass is 10.0. The smallest absolute Gasteiger partial charge is 0.321 e. The van der Waals surface area contributed by atoms with E-state index < -0.39 is 9.84 Å². The van der Waals surface area contributed by atoms with Crippen molar-refractivity contribution in [2.24, 2.45) is 11.8 Å². The molecule has 3 rings (SSSR count). The Bertz CT molecular complexity index is 687. The normalized spacial score (nSPS) is 24.4. The van der Waals surface area contributed by atoms with E-state index in [9.17, 15) is 13.2 Å². The van der Waals surface area contributed by atoms with Gasteiger partial charge in [0.05, 0.1) is 4.90 Å². The number of anilines is 1. The van der Waals surface area contributed by atoms with Gasteiger partial charge in [0.2, 0.25) is 0 Å². The summed E-state index contributed by atoms with van der Waals surface area (Å²) in [6.07, 6.45) is 4.90. The molecule has 2 amide bonds. The fourth-order valence-corrected chi connectivity index (χ4v) is 4.67.